The normalized spacial score (nSPS) is 14.9. The van der Waals surface area contributed by atoms with Gasteiger partial charge in [-0.15, -0.1) is 0 Å². The van der Waals surface area contributed by atoms with Crippen molar-refractivity contribution < 1.29 is 14.3 Å². The van der Waals surface area contributed by atoms with Gasteiger partial charge in [-0.3, -0.25) is 4.79 Å². The summed E-state index contributed by atoms with van der Waals surface area (Å²) in [5.74, 6) is 2.02. The number of carbonyl (C=O) groups is 1. The molecule has 1 fully saturated rings. The highest BCUT2D eigenvalue weighted by atomic mass is 16.5. The molecule has 2 heterocycles. The lowest BCUT2D eigenvalue weighted by molar-refractivity contribution is -0.131. The molecule has 1 aromatic heterocycles. The maximum absolute atomic E-state index is 12.8. The Hall–Kier alpha value is -2.95. The van der Waals surface area contributed by atoms with Crippen LogP contribution in [0.4, 0.5) is 0 Å². The smallest absolute Gasteiger partial charge is 0.226 e. The zero-order valence-corrected chi connectivity index (χ0v) is 17.4. The van der Waals surface area contributed by atoms with Gasteiger partial charge < -0.3 is 18.9 Å². The Balaban J connectivity index is 1.41. The molecule has 5 nitrogen and oxygen atoms in total. The average Bonchev–Trinajstić information content (AvgIpc) is 3.10. The van der Waals surface area contributed by atoms with Gasteiger partial charge >= 0.3 is 0 Å². The molecule has 5 heteroatoms. The van der Waals surface area contributed by atoms with Crippen LogP contribution in [0.15, 0.2) is 48.7 Å². The number of amides is 1. The van der Waals surface area contributed by atoms with Gasteiger partial charge in [-0.25, -0.2) is 0 Å². The molecule has 1 saturated heterocycles. The Morgan fingerprint density at radius 2 is 1.76 bits per heavy atom. The van der Waals surface area contributed by atoms with Crippen molar-refractivity contribution in [3.05, 3.63) is 59.8 Å². The van der Waals surface area contributed by atoms with E-state index in [4.69, 9.17) is 9.47 Å². The number of aromatic nitrogens is 1. The van der Waals surface area contributed by atoms with Gasteiger partial charge in [0.05, 0.1) is 20.6 Å². The zero-order chi connectivity index (χ0) is 20.4. The van der Waals surface area contributed by atoms with E-state index in [-0.39, 0.29) is 5.91 Å². The monoisotopic (exact) mass is 392 g/mol. The zero-order valence-electron chi connectivity index (χ0n) is 17.4. The fourth-order valence-corrected chi connectivity index (χ4v) is 4.42. The minimum Gasteiger partial charge on any atom is -0.493 e. The first-order valence-corrected chi connectivity index (χ1v) is 10.1. The van der Waals surface area contributed by atoms with Crippen molar-refractivity contribution >= 4 is 16.8 Å². The van der Waals surface area contributed by atoms with Crippen LogP contribution < -0.4 is 9.47 Å². The second-order valence-corrected chi connectivity index (χ2v) is 7.73. The lowest BCUT2D eigenvalue weighted by Gasteiger charge is -2.32. The number of aryl methyl sites for hydroxylation is 1. The van der Waals surface area contributed by atoms with E-state index in [1.165, 1.54) is 16.5 Å². The van der Waals surface area contributed by atoms with Gasteiger partial charge in [0.1, 0.15) is 0 Å². The number of methoxy groups -OCH3 is 2. The largest absolute Gasteiger partial charge is 0.493 e. The standard InChI is InChI=1S/C24H28N2O3/c1-25-16-20(19-6-4-5-7-21(19)25)18-10-12-26(13-11-18)24(27)15-17-8-9-22(28-2)23(14-17)29-3/h4-9,14,16,18H,10-13,15H2,1-3H3. The Labute approximate surface area is 171 Å². The quantitative estimate of drug-likeness (QED) is 0.655. The second kappa shape index (κ2) is 8.19. The van der Waals surface area contributed by atoms with Gasteiger partial charge in [-0.1, -0.05) is 24.3 Å². The lowest BCUT2D eigenvalue weighted by atomic mass is 9.89. The number of rotatable bonds is 5. The molecule has 0 N–H and O–H groups in total. The van der Waals surface area contributed by atoms with E-state index in [9.17, 15) is 4.79 Å². The molecule has 3 aromatic rings. The summed E-state index contributed by atoms with van der Waals surface area (Å²) in [6.07, 6.45) is 4.66. The minimum absolute atomic E-state index is 0.175. The summed E-state index contributed by atoms with van der Waals surface area (Å²) < 4.78 is 12.8. The predicted octanol–water partition coefficient (Wildman–Crippen LogP) is 4.14. The fourth-order valence-electron chi connectivity index (χ4n) is 4.42. The van der Waals surface area contributed by atoms with E-state index >= 15 is 0 Å². The van der Waals surface area contributed by atoms with Crippen molar-refractivity contribution in [2.45, 2.75) is 25.2 Å². The van der Waals surface area contributed by atoms with Crippen molar-refractivity contribution in [3.8, 4) is 11.5 Å². The number of ether oxygens (including phenoxy) is 2. The lowest BCUT2D eigenvalue weighted by Crippen LogP contribution is -2.38. The third kappa shape index (κ3) is 3.82. The number of hydrogen-bond donors (Lipinski definition) is 0. The SMILES string of the molecule is COc1ccc(CC(=O)N2CCC(c3cn(C)c4ccccc34)CC2)cc1OC. The molecule has 2 aromatic carbocycles. The molecule has 0 atom stereocenters. The number of fused-ring (bicyclic) bond motifs is 1. The van der Waals surface area contributed by atoms with Gasteiger partial charge in [0.25, 0.3) is 0 Å². The van der Waals surface area contributed by atoms with Crippen LogP contribution in [-0.2, 0) is 18.3 Å². The highest BCUT2D eigenvalue weighted by Gasteiger charge is 2.26. The summed E-state index contributed by atoms with van der Waals surface area (Å²) in [6.45, 7) is 1.61. The van der Waals surface area contributed by atoms with E-state index in [2.05, 4.69) is 42.1 Å². The highest BCUT2D eigenvalue weighted by molar-refractivity contribution is 5.84. The van der Waals surface area contributed by atoms with Crippen molar-refractivity contribution in [3.63, 3.8) is 0 Å². The van der Waals surface area contributed by atoms with Gasteiger partial charge in [-0.05, 0) is 48.1 Å². The summed E-state index contributed by atoms with van der Waals surface area (Å²) in [6, 6.07) is 14.2. The molecule has 0 radical (unpaired) electrons. The molecule has 29 heavy (non-hydrogen) atoms. The molecular formula is C24H28N2O3. The van der Waals surface area contributed by atoms with E-state index in [1.54, 1.807) is 14.2 Å². The number of benzene rings is 2. The van der Waals surface area contributed by atoms with Crippen LogP contribution in [0.1, 0.15) is 29.9 Å². The third-order valence-corrected chi connectivity index (χ3v) is 6.02. The first kappa shape index (κ1) is 19.4. The van der Waals surface area contributed by atoms with Crippen LogP contribution in [0.25, 0.3) is 10.9 Å². The Morgan fingerprint density at radius 3 is 2.48 bits per heavy atom. The topological polar surface area (TPSA) is 43.7 Å². The number of nitrogens with zero attached hydrogens (tertiary/aromatic N) is 2. The molecule has 1 aliphatic heterocycles. The molecular weight excluding hydrogens is 364 g/mol. The van der Waals surface area contributed by atoms with Crippen molar-refractivity contribution in [1.29, 1.82) is 0 Å². The van der Waals surface area contributed by atoms with Crippen molar-refractivity contribution in [1.82, 2.24) is 9.47 Å². The van der Waals surface area contributed by atoms with Gasteiger partial charge in [0.2, 0.25) is 5.91 Å². The molecule has 0 unspecified atom stereocenters. The van der Waals surface area contributed by atoms with E-state index in [0.29, 0.717) is 23.8 Å². The number of likely N-dealkylation sites (tertiary alicyclic amines) is 1. The molecule has 0 aliphatic carbocycles. The summed E-state index contributed by atoms with van der Waals surface area (Å²) in [7, 11) is 5.33. The number of piperidine rings is 1. The molecule has 1 aliphatic rings. The number of hydrogen-bond acceptors (Lipinski definition) is 3. The Morgan fingerprint density at radius 1 is 1.03 bits per heavy atom. The Bertz CT molecular complexity index is 1020. The van der Waals surface area contributed by atoms with E-state index < -0.39 is 0 Å². The third-order valence-electron chi connectivity index (χ3n) is 6.02. The summed E-state index contributed by atoms with van der Waals surface area (Å²) >= 11 is 0. The predicted molar refractivity (Wildman–Crippen MR) is 115 cm³/mol. The van der Waals surface area contributed by atoms with Crippen molar-refractivity contribution in [2.75, 3.05) is 27.3 Å². The van der Waals surface area contributed by atoms with Crippen LogP contribution >= 0.6 is 0 Å². The summed E-state index contributed by atoms with van der Waals surface area (Å²) in [5, 5.41) is 1.34. The molecule has 4 rings (SSSR count). The first-order valence-electron chi connectivity index (χ1n) is 10.1. The highest BCUT2D eigenvalue weighted by Crippen LogP contribution is 2.34. The van der Waals surface area contributed by atoms with Crippen LogP contribution in [0.2, 0.25) is 0 Å². The number of carbonyl (C=O) groups excluding carboxylic acids is 1. The molecule has 1 amide bonds. The van der Waals surface area contributed by atoms with Crippen LogP contribution in [0.3, 0.4) is 0 Å². The molecule has 0 saturated carbocycles. The van der Waals surface area contributed by atoms with Gasteiger partial charge in [0, 0.05) is 37.2 Å². The molecule has 152 valence electrons. The first-order chi connectivity index (χ1) is 14.1. The maximum atomic E-state index is 12.8. The number of para-hydroxylation sites is 1. The minimum atomic E-state index is 0.175. The summed E-state index contributed by atoms with van der Waals surface area (Å²) in [5.41, 5.74) is 3.63. The maximum Gasteiger partial charge on any atom is 0.226 e. The summed E-state index contributed by atoms with van der Waals surface area (Å²) in [4.78, 5) is 14.8. The van der Waals surface area contributed by atoms with Gasteiger partial charge in [0.15, 0.2) is 11.5 Å². The van der Waals surface area contributed by atoms with Crippen LogP contribution in [-0.4, -0.2) is 42.7 Å². The fraction of sp³-hybridized carbons (Fsp3) is 0.375. The van der Waals surface area contributed by atoms with Crippen LogP contribution in [0.5, 0.6) is 11.5 Å². The Kier molecular flexibility index (Phi) is 5.47. The average molecular weight is 392 g/mol. The van der Waals surface area contributed by atoms with E-state index in [0.717, 1.165) is 31.5 Å². The molecule has 0 spiro atoms. The van der Waals surface area contributed by atoms with Gasteiger partial charge in [-0.2, -0.15) is 0 Å². The van der Waals surface area contributed by atoms with E-state index in [1.807, 2.05) is 23.1 Å². The van der Waals surface area contributed by atoms with Crippen molar-refractivity contribution in [2.24, 2.45) is 7.05 Å². The molecule has 0 bridgehead atoms. The van der Waals surface area contributed by atoms with Crippen LogP contribution in [0, 0.1) is 0 Å². The second-order valence-electron chi connectivity index (χ2n) is 7.73.